The number of nitrogens with zero attached hydrogens (tertiary/aromatic N) is 2. The van der Waals surface area contributed by atoms with Crippen molar-refractivity contribution < 1.29 is 8.42 Å². The Kier molecular flexibility index (Phi) is 2.79. The number of rotatable bonds is 1. The van der Waals surface area contributed by atoms with Crippen LogP contribution >= 0.6 is 0 Å². The normalized spacial score (nSPS) is 19.7. The highest BCUT2D eigenvalue weighted by molar-refractivity contribution is 8.49. The number of hydrogen-bond donors (Lipinski definition) is 0. The molecule has 0 radical (unpaired) electrons. The molecule has 0 saturated carbocycles. The number of hydrogen-bond acceptors (Lipinski definition) is 4. The van der Waals surface area contributed by atoms with Gasteiger partial charge in [0.15, 0.2) is 0 Å². The molecule has 1 aliphatic heterocycles. The minimum Gasteiger partial charge on any atom is -0.177 e. The molecule has 1 aliphatic rings. The Morgan fingerprint density at radius 1 is 1.13 bits per heavy atom. The van der Waals surface area contributed by atoms with E-state index in [1.807, 2.05) is 30.3 Å². The van der Waals surface area contributed by atoms with Crippen LogP contribution in [0.25, 0.3) is 0 Å². The fraction of sp³-hybridized carbons (Fsp3) is 0.111. The van der Waals surface area contributed by atoms with Crippen LogP contribution in [0.3, 0.4) is 0 Å². The van der Waals surface area contributed by atoms with Gasteiger partial charge in [0.25, 0.3) is 9.26 Å². The van der Waals surface area contributed by atoms with E-state index < -0.39 is 18.7 Å². The van der Waals surface area contributed by atoms with Crippen LogP contribution in [-0.2, 0) is 18.7 Å². The Morgan fingerprint density at radius 2 is 1.80 bits per heavy atom. The molecule has 0 saturated heterocycles. The zero-order chi connectivity index (χ0) is 10.8. The molecular formula is C9H8N2O2S2. The third kappa shape index (κ3) is 1.91. The van der Waals surface area contributed by atoms with E-state index in [1.165, 1.54) is 0 Å². The Bertz CT molecular complexity index is 578. The van der Waals surface area contributed by atoms with Gasteiger partial charge in [0.1, 0.15) is 10.1 Å². The van der Waals surface area contributed by atoms with Gasteiger partial charge in [-0.05, 0) is 6.92 Å². The predicted molar refractivity (Wildman–Crippen MR) is 62.4 cm³/mol. The third-order valence-electron chi connectivity index (χ3n) is 1.88. The fourth-order valence-corrected chi connectivity index (χ4v) is 3.89. The summed E-state index contributed by atoms with van der Waals surface area (Å²) >= 11 is 0. The molecule has 1 unspecified atom stereocenters. The fourth-order valence-electron chi connectivity index (χ4n) is 1.24. The lowest BCUT2D eigenvalue weighted by atomic mass is 10.2. The van der Waals surface area contributed by atoms with Gasteiger partial charge in [0.2, 0.25) is 0 Å². The quantitative estimate of drug-likeness (QED) is 0.740. The zero-order valence-corrected chi connectivity index (χ0v) is 9.55. The Morgan fingerprint density at radius 3 is 2.40 bits per heavy atom. The Balaban J connectivity index is 2.57. The largest absolute Gasteiger partial charge is 0.252 e. The predicted octanol–water partition coefficient (Wildman–Crippen LogP) is 1.19. The van der Waals surface area contributed by atoms with E-state index in [0.717, 1.165) is 5.56 Å². The summed E-state index contributed by atoms with van der Waals surface area (Å²) in [6.45, 7) is 1.68. The topological polar surface area (TPSA) is 58.9 Å². The monoisotopic (exact) mass is 240 g/mol. The van der Waals surface area contributed by atoms with Gasteiger partial charge in [-0.25, -0.2) is 0 Å². The van der Waals surface area contributed by atoms with Crippen molar-refractivity contribution in [1.82, 2.24) is 0 Å². The molecule has 1 aromatic rings. The van der Waals surface area contributed by atoms with Gasteiger partial charge in [-0.3, -0.25) is 0 Å². The maximum absolute atomic E-state index is 11.0. The summed E-state index contributed by atoms with van der Waals surface area (Å²) in [5.41, 5.74) is 0.811. The molecule has 0 fully saturated rings. The molecule has 0 N–H and O–H groups in total. The summed E-state index contributed by atoms with van der Waals surface area (Å²) in [5, 5.41) is 8.81. The van der Waals surface area contributed by atoms with Crippen molar-refractivity contribution in [3.63, 3.8) is 0 Å². The lowest BCUT2D eigenvalue weighted by Gasteiger charge is -1.99. The summed E-state index contributed by atoms with van der Waals surface area (Å²) in [5.74, 6) is 0. The second-order valence-corrected chi connectivity index (χ2v) is 6.60. The minimum atomic E-state index is -2.19. The molecule has 2 rings (SSSR count). The van der Waals surface area contributed by atoms with E-state index in [1.54, 1.807) is 6.92 Å². The molecule has 0 bridgehead atoms. The second-order valence-electron chi connectivity index (χ2n) is 2.86. The first kappa shape index (κ1) is 10.3. The molecule has 6 heteroatoms. The summed E-state index contributed by atoms with van der Waals surface area (Å²) in [7, 11) is -3.18. The van der Waals surface area contributed by atoms with Gasteiger partial charge in [0, 0.05) is 15.0 Å². The van der Waals surface area contributed by atoms with E-state index in [0.29, 0.717) is 10.1 Å². The highest BCUT2D eigenvalue weighted by atomic mass is 32.9. The van der Waals surface area contributed by atoms with E-state index in [2.05, 4.69) is 10.2 Å². The molecule has 0 spiro atoms. The zero-order valence-electron chi connectivity index (χ0n) is 7.91. The van der Waals surface area contributed by atoms with Gasteiger partial charge in [0.05, 0.1) is 0 Å². The van der Waals surface area contributed by atoms with E-state index in [9.17, 15) is 8.42 Å². The van der Waals surface area contributed by atoms with Crippen molar-refractivity contribution in [2.75, 3.05) is 0 Å². The van der Waals surface area contributed by atoms with E-state index in [-0.39, 0.29) is 0 Å². The standard InChI is InChI=1S/C9H8N2O2S2/c1-7-10-11-9(14(7)15(12)13)8-5-3-2-4-6-8/h2-6H,1H3. The van der Waals surface area contributed by atoms with Crippen molar-refractivity contribution in [3.05, 3.63) is 35.9 Å². The Labute approximate surface area is 90.5 Å². The van der Waals surface area contributed by atoms with Crippen LogP contribution in [-0.4, -0.2) is 18.5 Å². The van der Waals surface area contributed by atoms with Crippen molar-refractivity contribution >= 4 is 28.8 Å². The third-order valence-corrected chi connectivity index (χ3v) is 5.46. The van der Waals surface area contributed by atoms with Crippen molar-refractivity contribution in [3.8, 4) is 0 Å². The van der Waals surface area contributed by atoms with Crippen LogP contribution in [0.2, 0.25) is 0 Å². The molecular weight excluding hydrogens is 232 g/mol. The second kappa shape index (κ2) is 4.08. The van der Waals surface area contributed by atoms with Gasteiger partial charge in [-0.2, -0.15) is 8.42 Å². The first-order chi connectivity index (χ1) is 7.20. The molecule has 4 nitrogen and oxygen atoms in total. The molecule has 0 amide bonds. The lowest BCUT2D eigenvalue weighted by Crippen LogP contribution is -2.11. The molecule has 15 heavy (non-hydrogen) atoms. The molecule has 78 valence electrons. The maximum atomic E-state index is 11.0. The molecule has 1 atom stereocenters. The van der Waals surface area contributed by atoms with Gasteiger partial charge < -0.3 is 0 Å². The first-order valence-corrected chi connectivity index (χ1v) is 7.03. The van der Waals surface area contributed by atoms with Crippen LogP contribution in [0.4, 0.5) is 0 Å². The molecule has 0 aromatic heterocycles. The first-order valence-electron chi connectivity index (χ1n) is 4.22. The summed E-state index contributed by atoms with van der Waals surface area (Å²) in [6.07, 6.45) is 0. The van der Waals surface area contributed by atoms with Gasteiger partial charge in [-0.1, -0.05) is 30.3 Å². The van der Waals surface area contributed by atoms with E-state index in [4.69, 9.17) is 0 Å². The van der Waals surface area contributed by atoms with Crippen LogP contribution in [0.15, 0.2) is 40.5 Å². The van der Waals surface area contributed by atoms with Crippen LogP contribution in [0, 0.1) is 0 Å². The summed E-state index contributed by atoms with van der Waals surface area (Å²) < 4.78 is 22.1. The summed E-state index contributed by atoms with van der Waals surface area (Å²) in [6, 6.07) is 9.24. The maximum Gasteiger partial charge on any atom is 0.252 e. The van der Waals surface area contributed by atoms with E-state index >= 15 is 0 Å². The van der Waals surface area contributed by atoms with Gasteiger partial charge in [-0.15, -0.1) is 10.2 Å². The van der Waals surface area contributed by atoms with Crippen molar-refractivity contribution in [2.24, 2.45) is 10.2 Å². The van der Waals surface area contributed by atoms with Crippen molar-refractivity contribution in [1.29, 1.82) is 0 Å². The average molecular weight is 240 g/mol. The smallest absolute Gasteiger partial charge is 0.177 e. The SMILES string of the molecule is CC1=NN=C(c2ccccc2)S1=S(=O)=O. The average Bonchev–Trinajstić information content (AvgIpc) is 2.61. The Hall–Kier alpha value is -1.27. The lowest BCUT2D eigenvalue weighted by molar-refractivity contribution is 0.628. The summed E-state index contributed by atoms with van der Waals surface area (Å²) in [4.78, 5) is 0. The highest BCUT2D eigenvalue weighted by Crippen LogP contribution is 2.12. The number of benzene rings is 1. The molecule has 0 aliphatic carbocycles. The van der Waals surface area contributed by atoms with Crippen molar-refractivity contribution in [2.45, 2.75) is 6.92 Å². The van der Waals surface area contributed by atoms with Crippen LogP contribution < -0.4 is 0 Å². The molecule has 1 aromatic carbocycles. The van der Waals surface area contributed by atoms with Crippen LogP contribution in [0.1, 0.15) is 12.5 Å². The molecule has 1 heterocycles. The van der Waals surface area contributed by atoms with Crippen LogP contribution in [0.5, 0.6) is 0 Å². The van der Waals surface area contributed by atoms with Gasteiger partial charge >= 0.3 is 0 Å². The highest BCUT2D eigenvalue weighted by Gasteiger charge is 2.19. The minimum absolute atomic E-state index is 0.529.